The second kappa shape index (κ2) is 8.64. The highest BCUT2D eigenvalue weighted by molar-refractivity contribution is 7.13. The lowest BCUT2D eigenvalue weighted by Gasteiger charge is -2.23. The minimum atomic E-state index is -0.325. The van der Waals surface area contributed by atoms with Crippen molar-refractivity contribution >= 4 is 17.2 Å². The summed E-state index contributed by atoms with van der Waals surface area (Å²) in [5.74, 6) is -0.513. The third-order valence-electron chi connectivity index (χ3n) is 4.75. The summed E-state index contributed by atoms with van der Waals surface area (Å²) in [5.41, 5.74) is 1.81. The molecule has 1 aromatic carbocycles. The lowest BCUT2D eigenvalue weighted by molar-refractivity contribution is -0.906. The summed E-state index contributed by atoms with van der Waals surface area (Å²) < 4.78 is 20.3. The highest BCUT2D eigenvalue weighted by atomic mass is 32.1. The van der Waals surface area contributed by atoms with Crippen molar-refractivity contribution in [1.29, 1.82) is 0 Å². The Morgan fingerprint density at radius 1 is 1.25 bits per heavy atom. The monoisotopic (exact) mass is 401 g/mol. The number of carbonyl (C=O) groups excluding carboxylic acids is 1. The number of aromatic nitrogens is 2. The Kier molecular flexibility index (Phi) is 5.80. The van der Waals surface area contributed by atoms with Crippen molar-refractivity contribution in [3.63, 3.8) is 0 Å². The Labute approximate surface area is 166 Å². The van der Waals surface area contributed by atoms with Gasteiger partial charge in [0.05, 0.1) is 36.9 Å². The molecule has 0 atom stereocenters. The third-order valence-corrected chi connectivity index (χ3v) is 5.64. The molecule has 0 bridgehead atoms. The van der Waals surface area contributed by atoms with Gasteiger partial charge < -0.3 is 15.0 Å². The van der Waals surface area contributed by atoms with Gasteiger partial charge in [-0.2, -0.15) is 5.10 Å². The number of ether oxygens (including phenoxy) is 1. The van der Waals surface area contributed by atoms with E-state index < -0.39 is 0 Å². The zero-order valence-electron chi connectivity index (χ0n) is 15.4. The molecule has 6 nitrogen and oxygen atoms in total. The zero-order chi connectivity index (χ0) is 19.3. The quantitative estimate of drug-likeness (QED) is 0.656. The maximum Gasteiger partial charge on any atom is 0.270 e. The number of thiophene rings is 1. The maximum atomic E-state index is 13.3. The van der Waals surface area contributed by atoms with E-state index in [1.807, 2.05) is 17.5 Å². The lowest BCUT2D eigenvalue weighted by Crippen LogP contribution is -3.14. The number of amides is 1. The maximum absolute atomic E-state index is 13.3. The minimum Gasteiger partial charge on any atom is -0.370 e. The topological polar surface area (TPSA) is 60.6 Å². The molecule has 4 rings (SSSR count). The van der Waals surface area contributed by atoms with E-state index >= 15 is 0 Å². The molecule has 3 heterocycles. The molecule has 28 heavy (non-hydrogen) atoms. The number of benzene rings is 1. The Hall–Kier alpha value is -2.55. The van der Waals surface area contributed by atoms with Crippen molar-refractivity contribution < 1.29 is 18.8 Å². The summed E-state index contributed by atoms with van der Waals surface area (Å²) in [5, 5.41) is 9.56. The third kappa shape index (κ3) is 4.30. The van der Waals surface area contributed by atoms with Crippen molar-refractivity contribution in [3.05, 3.63) is 59.4 Å². The number of nitrogens with one attached hydrogen (secondary N) is 2. The van der Waals surface area contributed by atoms with Crippen LogP contribution in [0.25, 0.3) is 16.3 Å². The summed E-state index contributed by atoms with van der Waals surface area (Å²) in [6.07, 6.45) is 0. The molecule has 0 radical (unpaired) electrons. The van der Waals surface area contributed by atoms with Crippen LogP contribution in [0.2, 0.25) is 0 Å². The van der Waals surface area contributed by atoms with Crippen LogP contribution in [0.1, 0.15) is 10.5 Å². The Morgan fingerprint density at radius 3 is 2.75 bits per heavy atom. The first kappa shape index (κ1) is 18.8. The van der Waals surface area contributed by atoms with Crippen LogP contribution in [0, 0.1) is 5.82 Å². The van der Waals surface area contributed by atoms with E-state index in [-0.39, 0.29) is 11.7 Å². The SMILES string of the molecule is O=C(NCC[NH+]1CCOCC1)c1cc(-c2cccs2)nn1-c1ccc(F)cc1. The number of hydrogen-bond acceptors (Lipinski definition) is 4. The Bertz CT molecular complexity index is 918. The van der Waals surface area contributed by atoms with Crippen molar-refractivity contribution in [3.8, 4) is 16.3 Å². The number of carbonyl (C=O) groups is 1. The van der Waals surface area contributed by atoms with E-state index in [1.165, 1.54) is 17.0 Å². The minimum absolute atomic E-state index is 0.188. The number of halogens is 1. The van der Waals surface area contributed by atoms with Crippen LogP contribution in [0.15, 0.2) is 47.8 Å². The van der Waals surface area contributed by atoms with E-state index in [1.54, 1.807) is 34.2 Å². The van der Waals surface area contributed by atoms with Crippen LogP contribution >= 0.6 is 11.3 Å². The summed E-state index contributed by atoms with van der Waals surface area (Å²) in [7, 11) is 0. The van der Waals surface area contributed by atoms with Gasteiger partial charge in [-0.3, -0.25) is 4.79 Å². The van der Waals surface area contributed by atoms with Crippen LogP contribution in [0.3, 0.4) is 0 Å². The molecule has 3 aromatic rings. The molecule has 2 aromatic heterocycles. The van der Waals surface area contributed by atoms with Gasteiger partial charge in [0.1, 0.15) is 30.3 Å². The Morgan fingerprint density at radius 2 is 2.04 bits per heavy atom. The van der Waals surface area contributed by atoms with Gasteiger partial charge in [0.15, 0.2) is 0 Å². The molecule has 1 aliphatic rings. The van der Waals surface area contributed by atoms with E-state index in [0.29, 0.717) is 17.9 Å². The molecule has 1 amide bonds. The van der Waals surface area contributed by atoms with Crippen LogP contribution < -0.4 is 10.2 Å². The largest absolute Gasteiger partial charge is 0.370 e. The fraction of sp³-hybridized carbons (Fsp3) is 0.300. The van der Waals surface area contributed by atoms with Gasteiger partial charge >= 0.3 is 0 Å². The van der Waals surface area contributed by atoms with Crippen molar-refractivity contribution in [2.45, 2.75) is 0 Å². The number of nitrogens with zero attached hydrogens (tertiary/aromatic N) is 2. The average Bonchev–Trinajstić information content (AvgIpc) is 3.39. The van der Waals surface area contributed by atoms with E-state index in [9.17, 15) is 9.18 Å². The van der Waals surface area contributed by atoms with Crippen LogP contribution in [0.5, 0.6) is 0 Å². The highest BCUT2D eigenvalue weighted by Crippen LogP contribution is 2.25. The molecular formula is C20H22FN4O2S+. The summed E-state index contributed by atoms with van der Waals surface area (Å²) in [6.45, 7) is 4.90. The summed E-state index contributed by atoms with van der Waals surface area (Å²) >= 11 is 1.56. The van der Waals surface area contributed by atoms with Gasteiger partial charge in [0.25, 0.3) is 5.91 Å². The first-order chi connectivity index (χ1) is 13.7. The normalized spacial score (nSPS) is 14.9. The molecule has 0 aliphatic carbocycles. The molecule has 0 spiro atoms. The number of rotatable bonds is 6. The smallest absolute Gasteiger partial charge is 0.270 e. The summed E-state index contributed by atoms with van der Waals surface area (Å²) in [6, 6.07) is 11.7. The number of quaternary nitrogens is 1. The first-order valence-corrected chi connectivity index (χ1v) is 10.2. The predicted octanol–water partition coefficient (Wildman–Crippen LogP) is 1.38. The van der Waals surface area contributed by atoms with Crippen LogP contribution in [-0.2, 0) is 4.74 Å². The van der Waals surface area contributed by atoms with Gasteiger partial charge in [-0.25, -0.2) is 9.07 Å². The van der Waals surface area contributed by atoms with E-state index in [2.05, 4.69) is 10.4 Å². The molecule has 1 saturated heterocycles. The first-order valence-electron chi connectivity index (χ1n) is 9.30. The molecule has 8 heteroatoms. The van der Waals surface area contributed by atoms with E-state index in [4.69, 9.17) is 4.74 Å². The van der Waals surface area contributed by atoms with Crippen molar-refractivity contribution in [1.82, 2.24) is 15.1 Å². The molecule has 2 N–H and O–H groups in total. The molecule has 0 unspecified atom stereocenters. The molecule has 1 fully saturated rings. The van der Waals surface area contributed by atoms with Gasteiger partial charge in [-0.1, -0.05) is 6.07 Å². The van der Waals surface area contributed by atoms with Crippen LogP contribution in [-0.4, -0.2) is 55.1 Å². The second-order valence-electron chi connectivity index (χ2n) is 6.65. The number of morpholine rings is 1. The highest BCUT2D eigenvalue weighted by Gasteiger charge is 2.19. The fourth-order valence-electron chi connectivity index (χ4n) is 3.22. The van der Waals surface area contributed by atoms with Crippen molar-refractivity contribution in [2.24, 2.45) is 0 Å². The van der Waals surface area contributed by atoms with Gasteiger partial charge in [0, 0.05) is 0 Å². The molecule has 1 aliphatic heterocycles. The average molecular weight is 401 g/mol. The second-order valence-corrected chi connectivity index (χ2v) is 7.60. The summed E-state index contributed by atoms with van der Waals surface area (Å²) in [4.78, 5) is 15.3. The Balaban J connectivity index is 1.53. The van der Waals surface area contributed by atoms with Gasteiger partial charge in [-0.05, 0) is 41.8 Å². The van der Waals surface area contributed by atoms with Gasteiger partial charge in [0.2, 0.25) is 0 Å². The predicted molar refractivity (Wildman–Crippen MR) is 106 cm³/mol. The lowest BCUT2D eigenvalue weighted by atomic mass is 10.2. The number of hydrogen-bond donors (Lipinski definition) is 2. The molecule has 0 saturated carbocycles. The molecular weight excluding hydrogens is 379 g/mol. The van der Waals surface area contributed by atoms with E-state index in [0.717, 1.165) is 43.4 Å². The van der Waals surface area contributed by atoms with Crippen molar-refractivity contribution in [2.75, 3.05) is 39.4 Å². The van der Waals surface area contributed by atoms with Gasteiger partial charge in [-0.15, -0.1) is 11.3 Å². The molecule has 146 valence electrons. The van der Waals surface area contributed by atoms with Crippen LogP contribution in [0.4, 0.5) is 4.39 Å². The fourth-order valence-corrected chi connectivity index (χ4v) is 3.90. The standard InChI is InChI=1S/C20H21FN4O2S/c21-15-3-5-16(6-4-15)25-18(14-17(23-25)19-2-1-13-28-19)20(26)22-7-8-24-9-11-27-12-10-24/h1-6,13-14H,7-12H2,(H,22,26)/p+1. The zero-order valence-corrected chi connectivity index (χ0v) is 16.2.